The minimum absolute atomic E-state index is 0.0209. The van der Waals surface area contributed by atoms with E-state index >= 15 is 0 Å². The van der Waals surface area contributed by atoms with Crippen molar-refractivity contribution in [3.05, 3.63) is 36.3 Å². The summed E-state index contributed by atoms with van der Waals surface area (Å²) in [6.45, 7) is 3.73. The molecular formula is C12H16N4O. The van der Waals surface area contributed by atoms with Crippen LogP contribution in [-0.4, -0.2) is 16.6 Å². The lowest BCUT2D eigenvalue weighted by molar-refractivity contribution is -0.112. The summed E-state index contributed by atoms with van der Waals surface area (Å²) in [4.78, 5) is 15.5. The number of amides is 1. The van der Waals surface area contributed by atoms with Crippen LogP contribution in [0.4, 0.5) is 5.69 Å². The molecule has 17 heavy (non-hydrogen) atoms. The van der Waals surface area contributed by atoms with Crippen LogP contribution in [0.25, 0.3) is 0 Å². The number of allylic oxidation sites excluding steroid dienone is 1. The van der Waals surface area contributed by atoms with E-state index in [2.05, 4.69) is 10.3 Å². The number of hydrogen-bond donors (Lipinski definition) is 3. The van der Waals surface area contributed by atoms with E-state index in [9.17, 15) is 4.79 Å². The van der Waals surface area contributed by atoms with Gasteiger partial charge in [0, 0.05) is 11.9 Å². The molecule has 0 aliphatic rings. The van der Waals surface area contributed by atoms with Gasteiger partial charge in [-0.25, -0.2) is 0 Å². The Bertz CT molecular complexity index is 437. The molecule has 5 nitrogen and oxygen atoms in total. The van der Waals surface area contributed by atoms with Crippen LogP contribution in [0.15, 0.2) is 36.3 Å². The van der Waals surface area contributed by atoms with Crippen LogP contribution in [0.5, 0.6) is 0 Å². The summed E-state index contributed by atoms with van der Waals surface area (Å²) < 4.78 is 0. The van der Waals surface area contributed by atoms with Gasteiger partial charge in [-0.3, -0.25) is 9.78 Å². The molecule has 0 spiro atoms. The molecular weight excluding hydrogens is 216 g/mol. The second kappa shape index (κ2) is 5.79. The third-order valence-corrected chi connectivity index (χ3v) is 2.11. The SMILES string of the molecule is CC(C)C(=N)/C=C(\N)C(=O)Nc1cccnc1. The van der Waals surface area contributed by atoms with Gasteiger partial charge >= 0.3 is 0 Å². The summed E-state index contributed by atoms with van der Waals surface area (Å²) in [5.74, 6) is -0.386. The van der Waals surface area contributed by atoms with Gasteiger partial charge in [0.25, 0.3) is 5.91 Å². The number of anilines is 1. The Morgan fingerprint density at radius 3 is 2.82 bits per heavy atom. The first kappa shape index (κ1) is 12.9. The van der Waals surface area contributed by atoms with Crippen molar-refractivity contribution in [3.63, 3.8) is 0 Å². The van der Waals surface area contributed by atoms with E-state index in [1.807, 2.05) is 13.8 Å². The molecule has 4 N–H and O–H groups in total. The highest BCUT2D eigenvalue weighted by atomic mass is 16.2. The van der Waals surface area contributed by atoms with Crippen molar-refractivity contribution in [3.8, 4) is 0 Å². The van der Waals surface area contributed by atoms with Crippen molar-refractivity contribution in [1.29, 1.82) is 5.41 Å². The Balaban J connectivity index is 2.68. The van der Waals surface area contributed by atoms with Gasteiger partial charge in [0.1, 0.15) is 0 Å². The van der Waals surface area contributed by atoms with Crippen molar-refractivity contribution in [2.24, 2.45) is 11.7 Å². The van der Waals surface area contributed by atoms with E-state index in [4.69, 9.17) is 11.1 Å². The van der Waals surface area contributed by atoms with Crippen LogP contribution < -0.4 is 11.1 Å². The number of hydrogen-bond acceptors (Lipinski definition) is 4. The van der Waals surface area contributed by atoms with Crippen molar-refractivity contribution >= 4 is 17.3 Å². The van der Waals surface area contributed by atoms with Crippen LogP contribution in [-0.2, 0) is 4.79 Å². The molecule has 0 fully saturated rings. The molecule has 0 saturated carbocycles. The Labute approximate surface area is 100 Å². The molecule has 1 aromatic rings. The number of pyridine rings is 1. The van der Waals surface area contributed by atoms with E-state index in [-0.39, 0.29) is 11.6 Å². The molecule has 1 rings (SSSR count). The fraction of sp³-hybridized carbons (Fsp3) is 0.250. The quantitative estimate of drug-likeness (QED) is 0.543. The highest BCUT2D eigenvalue weighted by Gasteiger charge is 2.08. The monoisotopic (exact) mass is 232 g/mol. The lowest BCUT2D eigenvalue weighted by Gasteiger charge is -2.06. The maximum absolute atomic E-state index is 11.6. The normalized spacial score (nSPS) is 11.4. The van der Waals surface area contributed by atoms with Crippen molar-refractivity contribution in [2.75, 3.05) is 5.32 Å². The zero-order valence-electron chi connectivity index (χ0n) is 9.90. The number of carbonyl (C=O) groups is 1. The third kappa shape index (κ3) is 4.06. The minimum atomic E-state index is -0.427. The second-order valence-corrected chi connectivity index (χ2v) is 3.91. The number of nitrogens with two attached hydrogens (primary N) is 1. The number of nitrogens with zero attached hydrogens (tertiary/aromatic N) is 1. The van der Waals surface area contributed by atoms with Crippen LogP contribution in [0.3, 0.4) is 0 Å². The van der Waals surface area contributed by atoms with Crippen LogP contribution in [0.2, 0.25) is 0 Å². The highest BCUT2D eigenvalue weighted by Crippen LogP contribution is 2.04. The lowest BCUT2D eigenvalue weighted by Crippen LogP contribution is -2.21. The third-order valence-electron chi connectivity index (χ3n) is 2.11. The number of aromatic nitrogens is 1. The fourth-order valence-electron chi connectivity index (χ4n) is 1.04. The molecule has 0 bridgehead atoms. The molecule has 5 heteroatoms. The lowest BCUT2D eigenvalue weighted by atomic mass is 10.1. The van der Waals surface area contributed by atoms with E-state index in [0.717, 1.165) is 0 Å². The molecule has 90 valence electrons. The summed E-state index contributed by atoms with van der Waals surface area (Å²) in [5.41, 5.74) is 6.51. The average Bonchev–Trinajstić information content (AvgIpc) is 2.29. The fourth-order valence-corrected chi connectivity index (χ4v) is 1.04. The molecule has 0 aliphatic heterocycles. The van der Waals surface area contributed by atoms with Gasteiger partial charge in [0.15, 0.2) is 0 Å². The summed E-state index contributed by atoms with van der Waals surface area (Å²) in [6.07, 6.45) is 4.51. The molecule has 0 aliphatic carbocycles. The van der Waals surface area contributed by atoms with Crippen molar-refractivity contribution in [1.82, 2.24) is 4.98 Å². The van der Waals surface area contributed by atoms with E-state index in [0.29, 0.717) is 11.4 Å². The summed E-state index contributed by atoms with van der Waals surface area (Å²) in [6, 6.07) is 3.43. The van der Waals surface area contributed by atoms with Crippen LogP contribution >= 0.6 is 0 Å². The molecule has 0 atom stereocenters. The average molecular weight is 232 g/mol. The van der Waals surface area contributed by atoms with Crippen molar-refractivity contribution in [2.45, 2.75) is 13.8 Å². The van der Waals surface area contributed by atoms with E-state index < -0.39 is 5.91 Å². The zero-order valence-corrected chi connectivity index (χ0v) is 9.90. The van der Waals surface area contributed by atoms with E-state index in [1.54, 1.807) is 18.3 Å². The van der Waals surface area contributed by atoms with Gasteiger partial charge in [-0.05, 0) is 24.1 Å². The highest BCUT2D eigenvalue weighted by molar-refractivity contribution is 6.08. The number of rotatable bonds is 4. The van der Waals surface area contributed by atoms with Gasteiger partial charge in [0.2, 0.25) is 0 Å². The standard InChI is InChI=1S/C12H16N4O/c1-8(2)10(13)6-11(14)12(17)16-9-4-3-5-15-7-9/h3-8,13H,14H2,1-2H3,(H,16,17)/b11-6-,13-10?. The number of carbonyl (C=O) groups excluding carboxylic acids is 1. The van der Waals surface area contributed by atoms with Crippen LogP contribution in [0, 0.1) is 11.3 Å². The Morgan fingerprint density at radius 2 is 2.29 bits per heavy atom. The van der Waals surface area contributed by atoms with Gasteiger partial charge in [-0.2, -0.15) is 0 Å². The van der Waals surface area contributed by atoms with Gasteiger partial charge in [-0.1, -0.05) is 13.8 Å². The Morgan fingerprint density at radius 1 is 1.59 bits per heavy atom. The maximum Gasteiger partial charge on any atom is 0.271 e. The first-order valence-corrected chi connectivity index (χ1v) is 5.27. The Hall–Kier alpha value is -2.17. The molecule has 1 amide bonds. The molecule has 1 heterocycles. The molecule has 1 aromatic heterocycles. The minimum Gasteiger partial charge on any atom is -0.394 e. The van der Waals surface area contributed by atoms with Crippen LogP contribution in [0.1, 0.15) is 13.8 Å². The largest absolute Gasteiger partial charge is 0.394 e. The number of nitrogens with one attached hydrogen (secondary N) is 2. The first-order valence-electron chi connectivity index (χ1n) is 5.27. The zero-order chi connectivity index (χ0) is 12.8. The maximum atomic E-state index is 11.6. The first-order chi connectivity index (χ1) is 8.00. The summed E-state index contributed by atoms with van der Waals surface area (Å²) in [7, 11) is 0. The van der Waals surface area contributed by atoms with Gasteiger partial charge in [0.05, 0.1) is 17.6 Å². The Kier molecular flexibility index (Phi) is 4.39. The van der Waals surface area contributed by atoms with Gasteiger partial charge < -0.3 is 16.5 Å². The second-order valence-electron chi connectivity index (χ2n) is 3.91. The summed E-state index contributed by atoms with van der Waals surface area (Å²) >= 11 is 0. The smallest absolute Gasteiger partial charge is 0.271 e. The predicted molar refractivity (Wildman–Crippen MR) is 67.7 cm³/mol. The molecule has 0 unspecified atom stereocenters. The summed E-state index contributed by atoms with van der Waals surface area (Å²) in [5, 5.41) is 10.2. The van der Waals surface area contributed by atoms with E-state index in [1.165, 1.54) is 12.3 Å². The topological polar surface area (TPSA) is 91.9 Å². The molecule has 0 saturated heterocycles. The predicted octanol–water partition coefficient (Wildman–Crippen LogP) is 1.54. The molecule has 0 radical (unpaired) electrons. The van der Waals surface area contributed by atoms with Crippen molar-refractivity contribution < 1.29 is 4.79 Å². The van der Waals surface area contributed by atoms with Gasteiger partial charge in [-0.15, -0.1) is 0 Å². The molecule has 0 aromatic carbocycles.